The third-order valence-electron chi connectivity index (χ3n) is 1.44. The minimum atomic E-state index is -0.493. The summed E-state index contributed by atoms with van der Waals surface area (Å²) in [5.41, 5.74) is 0. The highest BCUT2D eigenvalue weighted by Gasteiger charge is 2.07. The summed E-state index contributed by atoms with van der Waals surface area (Å²) in [6, 6.07) is 1.71. The number of esters is 1. The Hall–Kier alpha value is -1.08. The molecular weight excluding hydrogens is 158 g/mol. The maximum atomic E-state index is 10.7. The third-order valence-corrected chi connectivity index (χ3v) is 1.44. The molecule has 0 aliphatic rings. The molecule has 1 atom stereocenters. The van der Waals surface area contributed by atoms with Crippen LogP contribution >= 0.6 is 0 Å². The molecule has 0 bridgehead atoms. The second-order valence-corrected chi connectivity index (χ2v) is 2.28. The molecule has 68 valence electrons. The minimum Gasteiger partial charge on any atom is -0.462 e. The van der Waals surface area contributed by atoms with Gasteiger partial charge in [-0.1, -0.05) is 6.92 Å². The van der Waals surface area contributed by atoms with Crippen molar-refractivity contribution in [3.05, 3.63) is 0 Å². The number of nitriles is 1. The van der Waals surface area contributed by atoms with Gasteiger partial charge in [0.2, 0.25) is 0 Å². The number of rotatable bonds is 5. The largest absolute Gasteiger partial charge is 0.462 e. The predicted octanol–water partition coefficient (Wildman–Crippen LogP) is 0.868. The summed E-state index contributed by atoms with van der Waals surface area (Å²) in [6.45, 7) is 2.17. The van der Waals surface area contributed by atoms with Crippen LogP contribution in [0.3, 0.4) is 0 Å². The normalized spacial score (nSPS) is 11.8. The van der Waals surface area contributed by atoms with Gasteiger partial charge in [-0.25, -0.2) is 0 Å². The second-order valence-electron chi connectivity index (χ2n) is 2.28. The van der Waals surface area contributed by atoms with Crippen LogP contribution in [0.15, 0.2) is 0 Å². The molecule has 4 nitrogen and oxygen atoms in total. The van der Waals surface area contributed by atoms with Crippen LogP contribution in [0.4, 0.5) is 0 Å². The molecule has 12 heavy (non-hydrogen) atoms. The number of carbonyl (C=O) groups excluding carboxylic acids is 1. The smallest absolute Gasteiger partial charge is 0.320 e. The highest BCUT2D eigenvalue weighted by Crippen LogP contribution is 1.97. The van der Waals surface area contributed by atoms with Crippen molar-refractivity contribution in [1.82, 2.24) is 0 Å². The molecule has 1 unspecified atom stereocenters. The first-order chi connectivity index (χ1) is 5.74. The van der Waals surface area contributed by atoms with E-state index in [0.717, 1.165) is 6.42 Å². The minimum absolute atomic E-state index is 0.0624. The zero-order valence-corrected chi connectivity index (χ0v) is 7.37. The van der Waals surface area contributed by atoms with Gasteiger partial charge in [-0.3, -0.25) is 4.79 Å². The average Bonchev–Trinajstić information content (AvgIpc) is 2.07. The molecule has 0 aromatic heterocycles. The van der Waals surface area contributed by atoms with E-state index in [2.05, 4.69) is 0 Å². The van der Waals surface area contributed by atoms with Gasteiger partial charge in [-0.15, -0.1) is 0 Å². The number of ether oxygens (including phenoxy) is 2. The van der Waals surface area contributed by atoms with E-state index >= 15 is 0 Å². The quantitative estimate of drug-likeness (QED) is 0.576. The Morgan fingerprint density at radius 3 is 2.75 bits per heavy atom. The van der Waals surface area contributed by atoms with E-state index in [9.17, 15) is 4.79 Å². The van der Waals surface area contributed by atoms with Gasteiger partial charge in [0.05, 0.1) is 12.2 Å². The van der Waals surface area contributed by atoms with Gasteiger partial charge >= 0.3 is 5.97 Å². The maximum Gasteiger partial charge on any atom is 0.320 e. The van der Waals surface area contributed by atoms with Crippen molar-refractivity contribution in [3.63, 3.8) is 0 Å². The summed E-state index contributed by atoms with van der Waals surface area (Å²) in [5.74, 6) is -0.493. The van der Waals surface area contributed by atoms with E-state index in [0.29, 0.717) is 0 Å². The van der Waals surface area contributed by atoms with Crippen LogP contribution in [-0.2, 0) is 14.3 Å². The zero-order valence-electron chi connectivity index (χ0n) is 7.37. The van der Waals surface area contributed by atoms with E-state index in [1.54, 1.807) is 13.2 Å². The highest BCUT2D eigenvalue weighted by atomic mass is 16.6. The Balaban J connectivity index is 3.53. The van der Waals surface area contributed by atoms with Crippen molar-refractivity contribution in [1.29, 1.82) is 5.26 Å². The van der Waals surface area contributed by atoms with Crippen LogP contribution < -0.4 is 0 Å². The Bertz CT molecular complexity index is 170. The standard InChI is InChI=1S/C8H13NO3/c1-3-7(11-2)6-12-8(10)4-5-9/h7H,3-4,6H2,1-2H3. The topological polar surface area (TPSA) is 59.3 Å². The molecule has 0 amide bonds. The first-order valence-electron chi connectivity index (χ1n) is 3.80. The van der Waals surface area contributed by atoms with Crippen LogP contribution in [0.25, 0.3) is 0 Å². The van der Waals surface area contributed by atoms with E-state index in [1.165, 1.54) is 0 Å². The molecule has 0 aliphatic carbocycles. The van der Waals surface area contributed by atoms with Gasteiger partial charge in [-0.05, 0) is 6.42 Å². The van der Waals surface area contributed by atoms with Crippen LogP contribution in [0.5, 0.6) is 0 Å². The molecule has 0 aromatic carbocycles. The number of hydrogen-bond donors (Lipinski definition) is 0. The molecule has 4 heteroatoms. The summed E-state index contributed by atoms with van der Waals surface area (Å²) in [7, 11) is 1.56. The van der Waals surface area contributed by atoms with Gasteiger partial charge in [0.1, 0.15) is 13.0 Å². The van der Waals surface area contributed by atoms with E-state index in [4.69, 9.17) is 14.7 Å². The molecule has 0 saturated heterocycles. The molecule has 0 rings (SSSR count). The van der Waals surface area contributed by atoms with Crippen molar-refractivity contribution in [2.75, 3.05) is 13.7 Å². The highest BCUT2D eigenvalue weighted by molar-refractivity contribution is 5.71. The van der Waals surface area contributed by atoms with Crippen LogP contribution in [0.2, 0.25) is 0 Å². The summed E-state index contributed by atoms with van der Waals surface area (Å²) in [6.07, 6.45) is 0.531. The summed E-state index contributed by atoms with van der Waals surface area (Å²) < 4.78 is 9.71. The Kier molecular flexibility index (Phi) is 6.02. The molecule has 0 aromatic rings. The fraction of sp³-hybridized carbons (Fsp3) is 0.750. The predicted molar refractivity (Wildman–Crippen MR) is 42.3 cm³/mol. The molecular formula is C8H13NO3. The van der Waals surface area contributed by atoms with Gasteiger partial charge in [0.25, 0.3) is 0 Å². The van der Waals surface area contributed by atoms with Crippen LogP contribution in [0.1, 0.15) is 19.8 Å². The van der Waals surface area contributed by atoms with Crippen LogP contribution in [-0.4, -0.2) is 25.8 Å². The van der Waals surface area contributed by atoms with Crippen LogP contribution in [0, 0.1) is 11.3 Å². The third kappa shape index (κ3) is 4.69. The number of carbonyl (C=O) groups is 1. The average molecular weight is 171 g/mol. The lowest BCUT2D eigenvalue weighted by Crippen LogP contribution is -2.19. The van der Waals surface area contributed by atoms with Crippen molar-refractivity contribution in [3.8, 4) is 6.07 Å². The van der Waals surface area contributed by atoms with Crippen molar-refractivity contribution < 1.29 is 14.3 Å². The van der Waals surface area contributed by atoms with E-state index in [-0.39, 0.29) is 19.1 Å². The fourth-order valence-corrected chi connectivity index (χ4v) is 0.654. The van der Waals surface area contributed by atoms with E-state index in [1.807, 2.05) is 6.92 Å². The summed E-state index contributed by atoms with van der Waals surface area (Å²) >= 11 is 0. The molecule has 0 saturated carbocycles. The Morgan fingerprint density at radius 2 is 2.33 bits per heavy atom. The van der Waals surface area contributed by atoms with Crippen molar-refractivity contribution in [2.45, 2.75) is 25.9 Å². The lowest BCUT2D eigenvalue weighted by atomic mass is 10.3. The number of hydrogen-bond acceptors (Lipinski definition) is 4. The molecule has 0 heterocycles. The Labute approximate surface area is 72.1 Å². The molecule has 0 spiro atoms. The fourth-order valence-electron chi connectivity index (χ4n) is 0.654. The van der Waals surface area contributed by atoms with Gasteiger partial charge < -0.3 is 9.47 Å². The van der Waals surface area contributed by atoms with Gasteiger partial charge in [-0.2, -0.15) is 5.26 Å². The first-order valence-corrected chi connectivity index (χ1v) is 3.80. The SMILES string of the molecule is CCC(COC(=O)CC#N)OC. The lowest BCUT2D eigenvalue weighted by molar-refractivity contribution is -0.146. The summed E-state index contributed by atoms with van der Waals surface area (Å²) in [5, 5.41) is 8.13. The number of nitrogens with zero attached hydrogens (tertiary/aromatic N) is 1. The molecule has 0 radical (unpaired) electrons. The van der Waals surface area contributed by atoms with Gasteiger partial charge in [0.15, 0.2) is 0 Å². The number of methoxy groups -OCH3 is 1. The van der Waals surface area contributed by atoms with Crippen molar-refractivity contribution in [2.24, 2.45) is 0 Å². The molecule has 0 N–H and O–H groups in total. The first kappa shape index (κ1) is 10.9. The second kappa shape index (κ2) is 6.62. The lowest BCUT2D eigenvalue weighted by Gasteiger charge is -2.11. The van der Waals surface area contributed by atoms with Gasteiger partial charge in [0, 0.05) is 7.11 Å². The van der Waals surface area contributed by atoms with E-state index < -0.39 is 5.97 Å². The maximum absolute atomic E-state index is 10.7. The summed E-state index contributed by atoms with van der Waals surface area (Å²) in [4.78, 5) is 10.7. The zero-order chi connectivity index (χ0) is 9.40. The Morgan fingerprint density at radius 1 is 1.67 bits per heavy atom. The molecule has 0 aliphatic heterocycles. The molecule has 0 fully saturated rings. The monoisotopic (exact) mass is 171 g/mol. The van der Waals surface area contributed by atoms with Crippen molar-refractivity contribution >= 4 is 5.97 Å².